The molecule has 2 unspecified atom stereocenters. The van der Waals surface area contributed by atoms with Crippen LogP contribution in [0.15, 0.2) is 0 Å². The Morgan fingerprint density at radius 3 is 2.67 bits per heavy atom. The standard InChI is InChI=1S/C15H29NOS/c1-2-16-15(12-17)9-5-8-14(10-15)18-11-13-6-3-4-7-13/h13-14,16-17H,2-12H2,1H3. The van der Waals surface area contributed by atoms with Crippen LogP contribution >= 0.6 is 11.8 Å². The number of hydrogen-bond acceptors (Lipinski definition) is 3. The van der Waals surface area contributed by atoms with Crippen LogP contribution in [0.4, 0.5) is 0 Å². The van der Waals surface area contributed by atoms with E-state index >= 15 is 0 Å². The second kappa shape index (κ2) is 7.16. The molecule has 0 aromatic rings. The number of rotatable bonds is 6. The topological polar surface area (TPSA) is 32.3 Å². The lowest BCUT2D eigenvalue weighted by atomic mass is 9.82. The summed E-state index contributed by atoms with van der Waals surface area (Å²) < 4.78 is 0. The highest BCUT2D eigenvalue weighted by Crippen LogP contribution is 2.37. The van der Waals surface area contributed by atoms with E-state index < -0.39 is 0 Å². The first-order valence-corrected chi connectivity index (χ1v) is 8.80. The molecule has 0 amide bonds. The molecule has 0 spiro atoms. The summed E-state index contributed by atoms with van der Waals surface area (Å²) in [4.78, 5) is 0. The maximum Gasteiger partial charge on any atom is 0.0613 e. The van der Waals surface area contributed by atoms with Crippen molar-refractivity contribution in [3.05, 3.63) is 0 Å². The molecule has 0 aromatic heterocycles. The fourth-order valence-corrected chi connectivity index (χ4v) is 5.28. The Morgan fingerprint density at radius 2 is 2.00 bits per heavy atom. The van der Waals surface area contributed by atoms with Gasteiger partial charge in [0.1, 0.15) is 0 Å². The zero-order valence-electron chi connectivity index (χ0n) is 11.8. The highest BCUT2D eigenvalue weighted by molar-refractivity contribution is 7.99. The number of hydrogen-bond donors (Lipinski definition) is 2. The molecule has 2 atom stereocenters. The van der Waals surface area contributed by atoms with Crippen LogP contribution in [0.2, 0.25) is 0 Å². The number of thioether (sulfide) groups is 1. The van der Waals surface area contributed by atoms with Crippen LogP contribution in [-0.4, -0.2) is 34.8 Å². The number of nitrogens with one attached hydrogen (secondary N) is 1. The van der Waals surface area contributed by atoms with E-state index in [2.05, 4.69) is 24.0 Å². The van der Waals surface area contributed by atoms with Crippen LogP contribution in [0.3, 0.4) is 0 Å². The Bertz CT molecular complexity index is 239. The van der Waals surface area contributed by atoms with Crippen LogP contribution in [-0.2, 0) is 0 Å². The fourth-order valence-electron chi connectivity index (χ4n) is 3.63. The van der Waals surface area contributed by atoms with Gasteiger partial charge in [-0.05, 0) is 50.3 Å². The summed E-state index contributed by atoms with van der Waals surface area (Å²) in [5, 5.41) is 14.0. The highest BCUT2D eigenvalue weighted by atomic mass is 32.2. The molecule has 2 fully saturated rings. The summed E-state index contributed by atoms with van der Waals surface area (Å²) >= 11 is 2.19. The molecule has 2 N–H and O–H groups in total. The Kier molecular flexibility index (Phi) is 5.84. The third-order valence-electron chi connectivity index (χ3n) is 4.70. The predicted octanol–water partition coefficient (Wildman–Crippen LogP) is 3.19. The summed E-state index contributed by atoms with van der Waals surface area (Å²) in [6.07, 6.45) is 10.8. The number of aliphatic hydroxyl groups is 1. The quantitative estimate of drug-likeness (QED) is 0.778. The summed E-state index contributed by atoms with van der Waals surface area (Å²) in [5.41, 5.74) is 0.0281. The molecule has 2 aliphatic carbocycles. The van der Waals surface area contributed by atoms with Gasteiger partial charge in [0.05, 0.1) is 6.61 Å². The SMILES string of the molecule is CCNC1(CO)CCCC(SCC2CCCC2)C1. The van der Waals surface area contributed by atoms with Gasteiger partial charge in [0, 0.05) is 10.8 Å². The van der Waals surface area contributed by atoms with E-state index in [4.69, 9.17) is 0 Å². The van der Waals surface area contributed by atoms with Crippen LogP contribution in [0, 0.1) is 5.92 Å². The van der Waals surface area contributed by atoms with Crippen LogP contribution in [0.25, 0.3) is 0 Å². The minimum Gasteiger partial charge on any atom is -0.394 e. The van der Waals surface area contributed by atoms with Gasteiger partial charge >= 0.3 is 0 Å². The smallest absolute Gasteiger partial charge is 0.0613 e. The van der Waals surface area contributed by atoms with E-state index in [1.165, 1.54) is 44.3 Å². The monoisotopic (exact) mass is 271 g/mol. The van der Waals surface area contributed by atoms with Crippen LogP contribution < -0.4 is 5.32 Å². The molecule has 0 aliphatic heterocycles. The molecular formula is C15H29NOS. The fraction of sp³-hybridized carbons (Fsp3) is 1.00. The number of aliphatic hydroxyl groups excluding tert-OH is 1. The third-order valence-corrected chi connectivity index (χ3v) is 6.23. The van der Waals surface area contributed by atoms with Gasteiger partial charge in [-0.2, -0.15) is 11.8 Å². The average Bonchev–Trinajstić information content (AvgIpc) is 2.90. The van der Waals surface area contributed by atoms with Crippen molar-refractivity contribution in [1.82, 2.24) is 5.32 Å². The van der Waals surface area contributed by atoms with Crippen molar-refractivity contribution >= 4 is 11.8 Å². The maximum atomic E-state index is 9.70. The van der Waals surface area contributed by atoms with Gasteiger partial charge in [0.25, 0.3) is 0 Å². The first kappa shape index (κ1) is 14.7. The molecule has 18 heavy (non-hydrogen) atoms. The Hall–Kier alpha value is 0.270. The summed E-state index contributed by atoms with van der Waals surface area (Å²) in [6, 6.07) is 0. The number of likely N-dealkylation sites (N-methyl/N-ethyl adjacent to an activating group) is 1. The lowest BCUT2D eigenvalue weighted by Gasteiger charge is -2.40. The predicted molar refractivity (Wildman–Crippen MR) is 80.2 cm³/mol. The van der Waals surface area contributed by atoms with Crippen molar-refractivity contribution < 1.29 is 5.11 Å². The van der Waals surface area contributed by atoms with Gasteiger partial charge in [-0.25, -0.2) is 0 Å². The molecule has 3 heteroatoms. The Morgan fingerprint density at radius 1 is 1.22 bits per heavy atom. The molecule has 2 rings (SSSR count). The van der Waals surface area contributed by atoms with E-state index in [0.717, 1.165) is 30.6 Å². The molecule has 0 heterocycles. The van der Waals surface area contributed by atoms with Gasteiger partial charge in [-0.3, -0.25) is 0 Å². The van der Waals surface area contributed by atoms with E-state index in [1.807, 2.05) is 0 Å². The first-order chi connectivity index (χ1) is 8.78. The summed E-state index contributed by atoms with van der Waals surface area (Å²) in [6.45, 7) is 3.43. The van der Waals surface area contributed by atoms with Gasteiger partial charge in [-0.15, -0.1) is 0 Å². The van der Waals surface area contributed by atoms with E-state index in [1.54, 1.807) is 0 Å². The zero-order chi connectivity index (χ0) is 12.8. The second-order valence-corrected chi connectivity index (χ2v) is 7.50. The molecule has 2 saturated carbocycles. The highest BCUT2D eigenvalue weighted by Gasteiger charge is 2.35. The van der Waals surface area contributed by atoms with E-state index in [9.17, 15) is 5.11 Å². The maximum absolute atomic E-state index is 9.70. The lowest BCUT2D eigenvalue weighted by Crippen LogP contribution is -2.52. The molecule has 106 valence electrons. The minimum absolute atomic E-state index is 0.0281. The molecule has 2 aliphatic rings. The third kappa shape index (κ3) is 3.88. The largest absolute Gasteiger partial charge is 0.394 e. The molecule has 0 radical (unpaired) electrons. The van der Waals surface area contributed by atoms with Crippen LogP contribution in [0.1, 0.15) is 58.3 Å². The Labute approximate surface area is 116 Å². The summed E-state index contributed by atoms with van der Waals surface area (Å²) in [5.74, 6) is 2.35. The molecule has 0 saturated heterocycles. The van der Waals surface area contributed by atoms with Crippen molar-refractivity contribution in [2.24, 2.45) is 5.92 Å². The molecule has 2 nitrogen and oxygen atoms in total. The van der Waals surface area contributed by atoms with Crippen molar-refractivity contribution in [3.8, 4) is 0 Å². The Balaban J connectivity index is 1.78. The second-order valence-electron chi connectivity index (χ2n) is 6.17. The van der Waals surface area contributed by atoms with Gasteiger partial charge in [0.2, 0.25) is 0 Å². The average molecular weight is 271 g/mol. The van der Waals surface area contributed by atoms with Crippen LogP contribution in [0.5, 0.6) is 0 Å². The minimum atomic E-state index is 0.0281. The van der Waals surface area contributed by atoms with Crippen molar-refractivity contribution in [1.29, 1.82) is 0 Å². The molecular weight excluding hydrogens is 242 g/mol. The van der Waals surface area contributed by atoms with E-state index in [-0.39, 0.29) is 5.54 Å². The van der Waals surface area contributed by atoms with Crippen molar-refractivity contribution in [2.75, 3.05) is 18.9 Å². The van der Waals surface area contributed by atoms with Crippen molar-refractivity contribution in [2.45, 2.75) is 69.1 Å². The zero-order valence-corrected chi connectivity index (χ0v) is 12.6. The van der Waals surface area contributed by atoms with Gasteiger partial charge < -0.3 is 10.4 Å². The van der Waals surface area contributed by atoms with Crippen molar-refractivity contribution in [3.63, 3.8) is 0 Å². The van der Waals surface area contributed by atoms with Gasteiger partial charge in [-0.1, -0.05) is 26.2 Å². The van der Waals surface area contributed by atoms with E-state index in [0.29, 0.717) is 6.61 Å². The van der Waals surface area contributed by atoms with Gasteiger partial charge in [0.15, 0.2) is 0 Å². The molecule has 0 bridgehead atoms. The normalized spacial score (nSPS) is 34.0. The summed E-state index contributed by atoms with van der Waals surface area (Å²) in [7, 11) is 0. The first-order valence-electron chi connectivity index (χ1n) is 7.75. The molecule has 0 aromatic carbocycles. The lowest BCUT2D eigenvalue weighted by molar-refractivity contribution is 0.125.